The third-order valence-corrected chi connectivity index (χ3v) is 5.16. The van der Waals surface area contributed by atoms with Crippen molar-refractivity contribution in [2.75, 3.05) is 13.2 Å². The Labute approximate surface area is 194 Å². The van der Waals surface area contributed by atoms with Gasteiger partial charge in [0.25, 0.3) is 0 Å². The Morgan fingerprint density at radius 2 is 1.47 bits per heavy atom. The molecule has 0 aliphatic rings. The summed E-state index contributed by atoms with van der Waals surface area (Å²) in [6, 6.07) is 9.74. The highest BCUT2D eigenvalue weighted by molar-refractivity contribution is 7.52. The van der Waals surface area contributed by atoms with E-state index in [1.807, 2.05) is 0 Å². The molecule has 0 spiro atoms. The molecule has 1 unspecified atom stereocenters. The number of carbonyl (C=O) groups is 1. The van der Waals surface area contributed by atoms with E-state index in [4.69, 9.17) is 24.1 Å². The van der Waals surface area contributed by atoms with Crippen LogP contribution in [-0.4, -0.2) is 43.6 Å². The molecule has 2 aromatic rings. The zero-order valence-corrected chi connectivity index (χ0v) is 20.2. The monoisotopic (exact) mass is 537 g/mol. The zero-order valence-electron chi connectivity index (χ0n) is 17.5. The Morgan fingerprint density at radius 1 is 0.882 bits per heavy atom. The van der Waals surface area contributed by atoms with Crippen molar-refractivity contribution in [3.63, 3.8) is 0 Å². The lowest BCUT2D eigenvalue weighted by atomic mass is 10.1. The largest absolute Gasteiger partial charge is 0.524 e. The van der Waals surface area contributed by atoms with Crippen LogP contribution in [0.3, 0.4) is 0 Å². The number of hydrogen-bond donors (Lipinski definition) is 6. The van der Waals surface area contributed by atoms with Gasteiger partial charge < -0.3 is 23.8 Å². The molecule has 0 fully saturated rings. The summed E-state index contributed by atoms with van der Waals surface area (Å²) in [6.45, 7) is 1.33. The Kier molecular flexibility index (Phi) is 9.24. The second kappa shape index (κ2) is 11.3. The number of nitrogens with one attached hydrogen (secondary N) is 1. The number of phosphoric ester groups is 2. The SMILES string of the molecule is CP(=O)(O)Oc1ccc(CCNC(=O)/C=C/c2ccc(OP(=O)(O)O)c(OP(=O)(O)O)c2)cc1. The number of rotatable bonds is 11. The molecule has 0 aliphatic heterocycles. The number of amides is 1. The highest BCUT2D eigenvalue weighted by Crippen LogP contribution is 2.47. The quantitative estimate of drug-likeness (QED) is 0.180. The van der Waals surface area contributed by atoms with Gasteiger partial charge in [-0.05, 0) is 47.9 Å². The molecule has 16 heteroatoms. The van der Waals surface area contributed by atoms with Crippen molar-refractivity contribution in [2.45, 2.75) is 6.42 Å². The lowest BCUT2D eigenvalue weighted by Gasteiger charge is -2.13. The van der Waals surface area contributed by atoms with Crippen LogP contribution in [0.4, 0.5) is 0 Å². The molecule has 34 heavy (non-hydrogen) atoms. The molecule has 13 nitrogen and oxygen atoms in total. The maximum absolute atomic E-state index is 12.0. The van der Waals surface area contributed by atoms with E-state index in [9.17, 15) is 23.4 Å². The van der Waals surface area contributed by atoms with E-state index in [-0.39, 0.29) is 17.9 Å². The van der Waals surface area contributed by atoms with Gasteiger partial charge in [-0.15, -0.1) is 0 Å². The Balaban J connectivity index is 1.97. The van der Waals surface area contributed by atoms with E-state index in [0.29, 0.717) is 6.42 Å². The van der Waals surface area contributed by atoms with Gasteiger partial charge >= 0.3 is 23.2 Å². The highest BCUT2D eigenvalue weighted by atomic mass is 31.2. The predicted molar refractivity (Wildman–Crippen MR) is 120 cm³/mol. The summed E-state index contributed by atoms with van der Waals surface area (Å²) in [5, 5.41) is 2.62. The highest BCUT2D eigenvalue weighted by Gasteiger charge is 2.24. The summed E-state index contributed by atoms with van der Waals surface area (Å²) in [5.41, 5.74) is 1.06. The molecule has 0 heterocycles. The third kappa shape index (κ3) is 11.1. The Morgan fingerprint density at radius 3 is 2.03 bits per heavy atom. The van der Waals surface area contributed by atoms with Crippen molar-refractivity contribution < 1.29 is 56.5 Å². The van der Waals surface area contributed by atoms with Gasteiger partial charge in [-0.3, -0.25) is 24.4 Å². The van der Waals surface area contributed by atoms with Crippen molar-refractivity contribution in [1.82, 2.24) is 5.32 Å². The van der Waals surface area contributed by atoms with Crippen LogP contribution in [0.5, 0.6) is 17.2 Å². The zero-order chi connectivity index (χ0) is 25.6. The first-order valence-electron chi connectivity index (χ1n) is 9.29. The molecule has 0 aromatic heterocycles. The number of hydrogen-bond acceptors (Lipinski definition) is 7. The van der Waals surface area contributed by atoms with Gasteiger partial charge in [0.1, 0.15) is 5.75 Å². The van der Waals surface area contributed by atoms with Gasteiger partial charge in [0.2, 0.25) is 5.91 Å². The van der Waals surface area contributed by atoms with E-state index in [1.165, 1.54) is 24.3 Å². The lowest BCUT2D eigenvalue weighted by molar-refractivity contribution is -0.116. The van der Waals surface area contributed by atoms with E-state index >= 15 is 0 Å². The van der Waals surface area contributed by atoms with Crippen LogP contribution in [0.2, 0.25) is 0 Å². The number of carbonyl (C=O) groups excluding carboxylic acids is 1. The van der Waals surface area contributed by atoms with Gasteiger partial charge in [-0.25, -0.2) is 13.7 Å². The fraction of sp³-hybridized carbons (Fsp3) is 0.167. The van der Waals surface area contributed by atoms with E-state index in [1.54, 1.807) is 12.1 Å². The molecule has 2 aromatic carbocycles. The van der Waals surface area contributed by atoms with Crippen molar-refractivity contribution in [3.05, 3.63) is 59.7 Å². The van der Waals surface area contributed by atoms with Crippen molar-refractivity contribution in [3.8, 4) is 17.2 Å². The molecule has 0 aliphatic carbocycles. The first-order chi connectivity index (χ1) is 15.6. The number of phosphoric acid groups is 2. The maximum Gasteiger partial charge on any atom is 0.524 e. The van der Waals surface area contributed by atoms with Crippen LogP contribution >= 0.6 is 23.2 Å². The molecule has 0 saturated heterocycles. The molecular formula is C18H22NO12P3. The average molecular weight is 537 g/mol. The molecule has 0 bridgehead atoms. The van der Waals surface area contributed by atoms with Crippen molar-refractivity contribution >= 4 is 35.2 Å². The molecule has 6 N–H and O–H groups in total. The minimum atomic E-state index is -5.07. The molecule has 186 valence electrons. The lowest BCUT2D eigenvalue weighted by Crippen LogP contribution is -2.23. The van der Waals surface area contributed by atoms with Gasteiger partial charge in [-0.1, -0.05) is 18.2 Å². The first kappa shape index (κ1) is 27.8. The van der Waals surface area contributed by atoms with E-state index in [0.717, 1.165) is 30.4 Å². The van der Waals surface area contributed by atoms with Gasteiger partial charge in [0.05, 0.1) is 0 Å². The van der Waals surface area contributed by atoms with Gasteiger partial charge in [-0.2, -0.15) is 0 Å². The smallest absolute Gasteiger partial charge is 0.425 e. The summed E-state index contributed by atoms with van der Waals surface area (Å²) in [5.74, 6) is -1.48. The minimum absolute atomic E-state index is 0.226. The maximum atomic E-state index is 12.0. The predicted octanol–water partition coefficient (Wildman–Crippen LogP) is 2.20. The second-order valence-corrected chi connectivity index (χ2v) is 10.9. The molecule has 1 amide bonds. The van der Waals surface area contributed by atoms with Crippen LogP contribution in [0.1, 0.15) is 11.1 Å². The first-order valence-corrected chi connectivity index (χ1v) is 14.4. The number of benzene rings is 2. The Hall–Kier alpha value is -2.46. The van der Waals surface area contributed by atoms with Crippen LogP contribution in [-0.2, 0) is 24.9 Å². The third-order valence-electron chi connectivity index (χ3n) is 3.74. The minimum Gasteiger partial charge on any atom is -0.425 e. The molecule has 1 atom stereocenters. The average Bonchev–Trinajstić information content (AvgIpc) is 2.66. The fourth-order valence-corrected chi connectivity index (χ4v) is 3.82. The molecule has 0 saturated carbocycles. The molecule has 0 radical (unpaired) electrons. The van der Waals surface area contributed by atoms with Crippen LogP contribution in [0.15, 0.2) is 48.5 Å². The van der Waals surface area contributed by atoms with Crippen molar-refractivity contribution in [2.24, 2.45) is 0 Å². The second-order valence-electron chi connectivity index (χ2n) is 6.78. The van der Waals surface area contributed by atoms with Gasteiger partial charge in [0.15, 0.2) is 11.5 Å². The summed E-state index contributed by atoms with van der Waals surface area (Å²) >= 11 is 0. The summed E-state index contributed by atoms with van der Waals surface area (Å²) in [7, 11) is -13.7. The van der Waals surface area contributed by atoms with Crippen LogP contribution in [0, 0.1) is 0 Å². The van der Waals surface area contributed by atoms with Gasteiger partial charge in [0, 0.05) is 19.3 Å². The fourth-order valence-electron chi connectivity index (χ4n) is 2.50. The normalized spacial score (nSPS) is 13.8. The molecule has 2 rings (SSSR count). The van der Waals surface area contributed by atoms with Crippen molar-refractivity contribution in [1.29, 1.82) is 0 Å². The Bertz CT molecular complexity index is 1180. The summed E-state index contributed by atoms with van der Waals surface area (Å²) in [6.07, 6.45) is 2.88. The standard InChI is InChI=1S/C18H22NO12P3/c1-32(21,22)29-15-6-2-13(3-7-15)10-11-19-18(20)9-5-14-4-8-16(30-33(23,24)25)17(12-14)31-34(26,27)28/h2-9,12H,10-11H2,1H3,(H,19,20)(H,21,22)(H2,23,24,25)(H2,26,27,28)/b9-5+. The molecular weight excluding hydrogens is 515 g/mol. The van der Waals surface area contributed by atoms with E-state index < -0.39 is 40.6 Å². The van der Waals surface area contributed by atoms with E-state index in [2.05, 4.69) is 14.4 Å². The summed E-state index contributed by atoms with van der Waals surface area (Å²) < 4.78 is 47.0. The topological polar surface area (TPSA) is 209 Å². The summed E-state index contributed by atoms with van der Waals surface area (Å²) in [4.78, 5) is 57.0. The van der Waals surface area contributed by atoms with Crippen LogP contribution in [0.25, 0.3) is 6.08 Å². The van der Waals surface area contributed by atoms with Crippen LogP contribution < -0.4 is 18.9 Å².